The second-order valence-corrected chi connectivity index (χ2v) is 9.44. The molecule has 0 aliphatic carbocycles. The van der Waals surface area contributed by atoms with Gasteiger partial charge in [0, 0.05) is 16.9 Å². The molecule has 32 heavy (non-hydrogen) atoms. The standard InChI is InChI=1S/C27H39O3P.Li.H/c1-5-7-9-11-18-29-23-16-17-25(24(20-23)30-19-12-10-8-6-2)31-27(28)26-21(3)14-13-15-22(26)4;;/h13-17,20,31H,5-12,18-19H2,1-4H3;;/q;+1;-1. The van der Waals surface area contributed by atoms with E-state index in [0.717, 1.165) is 52.9 Å². The molecule has 2 rings (SSSR count). The van der Waals surface area contributed by atoms with Crippen LogP contribution in [0.3, 0.4) is 0 Å². The van der Waals surface area contributed by atoms with Gasteiger partial charge < -0.3 is 10.9 Å². The molecule has 0 N–H and O–H groups in total. The summed E-state index contributed by atoms with van der Waals surface area (Å²) in [5.74, 6) is 1.62. The fraction of sp³-hybridized carbons (Fsp3) is 0.519. The van der Waals surface area contributed by atoms with Gasteiger partial charge in [-0.25, -0.2) is 0 Å². The quantitative estimate of drug-likeness (QED) is 0.228. The summed E-state index contributed by atoms with van der Waals surface area (Å²) in [6, 6.07) is 12.0. The maximum Gasteiger partial charge on any atom is 1.00 e. The number of aryl methyl sites for hydroxylation is 2. The Kier molecular flexibility index (Phi) is 14.7. The van der Waals surface area contributed by atoms with Gasteiger partial charge in [0.05, 0.1) is 13.2 Å². The van der Waals surface area contributed by atoms with Gasteiger partial charge in [-0.2, -0.15) is 0 Å². The molecule has 0 saturated carbocycles. The Hall–Kier alpha value is -1.26. The van der Waals surface area contributed by atoms with Crippen molar-refractivity contribution in [3.05, 3.63) is 53.1 Å². The van der Waals surface area contributed by atoms with E-state index in [1.165, 1.54) is 38.5 Å². The number of rotatable bonds is 15. The summed E-state index contributed by atoms with van der Waals surface area (Å²) < 4.78 is 12.1. The van der Waals surface area contributed by atoms with E-state index in [4.69, 9.17) is 9.47 Å². The maximum absolute atomic E-state index is 13.1. The molecule has 0 heterocycles. The first-order valence-corrected chi connectivity index (χ1v) is 12.8. The number of ether oxygens (including phenoxy) is 2. The van der Waals surface area contributed by atoms with Gasteiger partial charge in [-0.15, -0.1) is 0 Å². The normalized spacial score (nSPS) is 10.9. The van der Waals surface area contributed by atoms with Crippen molar-refractivity contribution in [2.24, 2.45) is 0 Å². The van der Waals surface area contributed by atoms with E-state index in [1.54, 1.807) is 0 Å². The summed E-state index contributed by atoms with van der Waals surface area (Å²) in [6.45, 7) is 9.83. The van der Waals surface area contributed by atoms with Crippen LogP contribution in [0.2, 0.25) is 0 Å². The van der Waals surface area contributed by atoms with Crippen LogP contribution in [0.15, 0.2) is 36.4 Å². The molecule has 0 bridgehead atoms. The molecule has 2 aromatic rings. The van der Waals surface area contributed by atoms with Crippen LogP contribution in [0.4, 0.5) is 0 Å². The molecule has 0 amide bonds. The van der Waals surface area contributed by atoms with Gasteiger partial charge in [0.15, 0.2) is 5.52 Å². The van der Waals surface area contributed by atoms with E-state index in [1.807, 2.05) is 50.2 Å². The average molecular weight is 451 g/mol. The third kappa shape index (κ3) is 9.70. The number of carbonyl (C=O) groups is 1. The van der Waals surface area contributed by atoms with E-state index in [-0.39, 0.29) is 34.4 Å². The molecule has 0 spiro atoms. The largest absolute Gasteiger partial charge is 1.00 e. The van der Waals surface area contributed by atoms with Crippen LogP contribution in [0, 0.1) is 13.8 Å². The van der Waals surface area contributed by atoms with Crippen molar-refractivity contribution in [2.75, 3.05) is 13.2 Å². The number of benzene rings is 2. The zero-order valence-corrected chi connectivity index (χ0v) is 21.8. The molecular formula is C27H40LiO3P. The Morgan fingerprint density at radius 2 is 1.44 bits per heavy atom. The van der Waals surface area contributed by atoms with Crippen LogP contribution < -0.4 is 33.6 Å². The Labute approximate surface area is 210 Å². The van der Waals surface area contributed by atoms with Crippen LogP contribution >= 0.6 is 8.58 Å². The summed E-state index contributed by atoms with van der Waals surface area (Å²) in [6.07, 6.45) is 9.36. The number of hydrogen-bond donors (Lipinski definition) is 0. The molecule has 0 aliphatic heterocycles. The summed E-state index contributed by atoms with van der Waals surface area (Å²) in [5, 5.41) is 0.960. The van der Waals surface area contributed by atoms with Crippen molar-refractivity contribution < 1.29 is 34.6 Å². The van der Waals surface area contributed by atoms with Crippen molar-refractivity contribution in [3.8, 4) is 11.5 Å². The Morgan fingerprint density at radius 1 is 0.844 bits per heavy atom. The SMILES string of the molecule is CCCCCCOc1ccc(PC(=O)c2c(C)cccc2C)c(OCCCCCC)c1.[H-].[Li+]. The minimum Gasteiger partial charge on any atom is -1.00 e. The van der Waals surface area contributed by atoms with E-state index in [2.05, 4.69) is 13.8 Å². The van der Waals surface area contributed by atoms with Crippen molar-refractivity contribution in [1.29, 1.82) is 0 Å². The van der Waals surface area contributed by atoms with E-state index >= 15 is 0 Å². The minimum absolute atomic E-state index is 0. The molecule has 0 radical (unpaired) electrons. The zero-order valence-electron chi connectivity index (χ0n) is 21.8. The Balaban J connectivity index is 0.00000512. The van der Waals surface area contributed by atoms with E-state index in [9.17, 15) is 4.79 Å². The molecule has 0 fully saturated rings. The topological polar surface area (TPSA) is 35.5 Å². The van der Waals surface area contributed by atoms with E-state index in [0.29, 0.717) is 6.61 Å². The van der Waals surface area contributed by atoms with Crippen LogP contribution in [-0.4, -0.2) is 18.7 Å². The molecule has 172 valence electrons. The van der Waals surface area contributed by atoms with Gasteiger partial charge in [0.25, 0.3) is 0 Å². The molecule has 2 aromatic carbocycles. The molecule has 0 aliphatic rings. The van der Waals surface area contributed by atoms with Crippen molar-refractivity contribution in [1.82, 2.24) is 0 Å². The zero-order chi connectivity index (χ0) is 22.5. The molecule has 3 nitrogen and oxygen atoms in total. The fourth-order valence-electron chi connectivity index (χ4n) is 3.60. The first-order valence-electron chi connectivity index (χ1n) is 11.8. The van der Waals surface area contributed by atoms with Crippen LogP contribution in [0.1, 0.15) is 88.1 Å². The predicted molar refractivity (Wildman–Crippen MR) is 135 cm³/mol. The molecule has 0 aromatic heterocycles. The van der Waals surface area contributed by atoms with E-state index < -0.39 is 0 Å². The number of unbranched alkanes of at least 4 members (excludes halogenated alkanes) is 6. The minimum atomic E-state index is 0. The number of carbonyl (C=O) groups excluding carboxylic acids is 1. The molecule has 1 unspecified atom stereocenters. The predicted octanol–water partition coefficient (Wildman–Crippen LogP) is 4.48. The van der Waals surface area contributed by atoms with Gasteiger partial charge in [-0.05, 0) is 58.5 Å². The third-order valence-electron chi connectivity index (χ3n) is 5.43. The van der Waals surface area contributed by atoms with Crippen LogP contribution in [0.25, 0.3) is 0 Å². The molecular weight excluding hydrogens is 410 g/mol. The summed E-state index contributed by atoms with van der Waals surface area (Å²) in [4.78, 5) is 13.1. The Bertz CT molecular complexity index is 809. The van der Waals surface area contributed by atoms with Crippen molar-refractivity contribution in [3.63, 3.8) is 0 Å². The van der Waals surface area contributed by atoms with Gasteiger partial charge in [-0.1, -0.05) is 70.6 Å². The second kappa shape index (κ2) is 16.4. The first-order chi connectivity index (χ1) is 15.1. The average Bonchev–Trinajstić information content (AvgIpc) is 2.75. The maximum atomic E-state index is 13.1. The van der Waals surface area contributed by atoms with Gasteiger partial charge in [-0.3, -0.25) is 4.79 Å². The van der Waals surface area contributed by atoms with Crippen molar-refractivity contribution >= 4 is 19.4 Å². The van der Waals surface area contributed by atoms with Crippen LogP contribution in [-0.2, 0) is 0 Å². The van der Waals surface area contributed by atoms with Gasteiger partial charge in [0.1, 0.15) is 11.5 Å². The van der Waals surface area contributed by atoms with Crippen LogP contribution in [0.5, 0.6) is 11.5 Å². The summed E-state index contributed by atoms with van der Waals surface area (Å²) in [5.41, 5.74) is 3.07. The number of hydrogen-bond acceptors (Lipinski definition) is 3. The smallest absolute Gasteiger partial charge is 1.00 e. The molecule has 0 saturated heterocycles. The summed E-state index contributed by atoms with van der Waals surface area (Å²) in [7, 11) is 0.0387. The monoisotopic (exact) mass is 450 g/mol. The second-order valence-electron chi connectivity index (χ2n) is 8.20. The molecule has 1 atom stereocenters. The third-order valence-corrected chi connectivity index (χ3v) is 6.59. The van der Waals surface area contributed by atoms with Crippen molar-refractivity contribution in [2.45, 2.75) is 79.1 Å². The first kappa shape index (κ1) is 28.8. The molecule has 5 heteroatoms. The fourth-order valence-corrected chi connectivity index (χ4v) is 4.80. The van der Waals surface area contributed by atoms with Gasteiger partial charge in [0.2, 0.25) is 0 Å². The Morgan fingerprint density at radius 3 is 2.03 bits per heavy atom. The van der Waals surface area contributed by atoms with Gasteiger partial charge >= 0.3 is 18.9 Å². The summed E-state index contributed by atoms with van der Waals surface area (Å²) >= 11 is 0.